The van der Waals surface area contributed by atoms with Crippen LogP contribution in [0, 0.1) is 0 Å². The third-order valence-corrected chi connectivity index (χ3v) is 6.60. The molecule has 0 fully saturated rings. The molecular formula is C10H32MnN2O15P2. The van der Waals surface area contributed by atoms with Gasteiger partial charge in [0.15, 0.2) is 11.1 Å². The van der Waals surface area contributed by atoms with Crippen molar-refractivity contribution in [2.75, 3.05) is 39.6 Å². The van der Waals surface area contributed by atoms with Crippen molar-refractivity contribution in [3.63, 3.8) is 0 Å². The van der Waals surface area contributed by atoms with E-state index in [4.69, 9.17) is 35.7 Å². The molecule has 17 N–H and O–H groups in total. The Morgan fingerprint density at radius 2 is 0.800 bits per heavy atom. The molecule has 0 aliphatic heterocycles. The average molecular weight is 537 g/mol. The molecule has 0 spiro atoms. The third-order valence-electron chi connectivity index (χ3n) is 3.05. The van der Waals surface area contributed by atoms with Gasteiger partial charge in [-0.15, -0.1) is 0 Å². The Balaban J connectivity index is -0.0000000698. The van der Waals surface area contributed by atoms with Crippen molar-refractivity contribution in [2.45, 2.75) is 23.1 Å². The summed E-state index contributed by atoms with van der Waals surface area (Å²) in [5.74, 6) is 0. The van der Waals surface area contributed by atoms with Crippen LogP contribution in [-0.2, 0) is 26.2 Å². The molecule has 0 saturated heterocycles. The second-order valence-electron chi connectivity index (χ2n) is 5.91. The molecule has 0 aromatic heterocycles. The Labute approximate surface area is 182 Å². The van der Waals surface area contributed by atoms with Crippen LogP contribution in [-0.4, -0.2) is 103 Å². The number of hydrogen-bond acceptors (Lipinski definition) is 13. The van der Waals surface area contributed by atoms with Gasteiger partial charge in [-0.2, -0.15) is 0 Å². The topological polar surface area (TPSA) is 386 Å². The SMILES string of the molecule is CC(O)(P(=O)([O-])[O-])P(=O)([O-])[O-].O.O.[Mn+2].[NH3+]C(CO)(CO)CO.[NH3+]C(CO)(CO)CO. The summed E-state index contributed by atoms with van der Waals surface area (Å²) < 4.78 is 19.9. The smallest absolute Gasteiger partial charge is 0.808 e. The van der Waals surface area contributed by atoms with Crippen LogP contribution in [0.15, 0.2) is 0 Å². The van der Waals surface area contributed by atoms with Crippen molar-refractivity contribution in [3.05, 3.63) is 0 Å². The van der Waals surface area contributed by atoms with Crippen molar-refractivity contribution in [1.82, 2.24) is 0 Å². The summed E-state index contributed by atoms with van der Waals surface area (Å²) in [6.45, 7) is -1.62. The van der Waals surface area contributed by atoms with E-state index in [1.165, 1.54) is 0 Å². The fraction of sp³-hybridized carbons (Fsp3) is 1.00. The molecule has 0 aliphatic carbocycles. The maximum atomic E-state index is 9.95. The summed E-state index contributed by atoms with van der Waals surface area (Å²) in [5, 5.41) is 55.1. The average Bonchev–Trinajstić information content (AvgIpc) is 2.59. The molecule has 0 atom stereocenters. The van der Waals surface area contributed by atoms with Crippen molar-refractivity contribution in [2.24, 2.45) is 0 Å². The molecule has 20 heteroatoms. The number of rotatable bonds is 8. The van der Waals surface area contributed by atoms with E-state index in [1.807, 2.05) is 0 Å². The van der Waals surface area contributed by atoms with Crippen LogP contribution in [0.25, 0.3) is 0 Å². The van der Waals surface area contributed by atoms with E-state index in [9.17, 15) is 28.7 Å². The van der Waals surface area contributed by atoms with Crippen LogP contribution in [0.3, 0.4) is 0 Å². The number of hydrogen-bond donors (Lipinski definition) is 9. The third kappa shape index (κ3) is 16.1. The van der Waals surface area contributed by atoms with Gasteiger partial charge in [0, 0.05) is 0 Å². The number of aliphatic hydroxyl groups excluding tert-OH is 6. The Bertz CT molecular complexity index is 433. The van der Waals surface area contributed by atoms with Crippen LogP contribution in [0.4, 0.5) is 0 Å². The predicted octanol–water partition coefficient (Wildman–Crippen LogP) is -11.3. The van der Waals surface area contributed by atoms with Crippen molar-refractivity contribution >= 4 is 15.2 Å². The van der Waals surface area contributed by atoms with Crippen LogP contribution < -0.4 is 31.0 Å². The van der Waals surface area contributed by atoms with Gasteiger partial charge < -0.3 is 86.9 Å². The van der Waals surface area contributed by atoms with Crippen LogP contribution in [0.1, 0.15) is 6.92 Å². The molecule has 0 bridgehead atoms. The molecular weight excluding hydrogens is 505 g/mol. The van der Waals surface area contributed by atoms with E-state index in [0.29, 0.717) is 0 Å². The van der Waals surface area contributed by atoms with Crippen molar-refractivity contribution in [1.29, 1.82) is 0 Å². The zero-order chi connectivity index (χ0) is 22.7. The Morgan fingerprint density at radius 1 is 0.667 bits per heavy atom. The monoisotopic (exact) mass is 537 g/mol. The van der Waals surface area contributed by atoms with E-state index in [-0.39, 0.29) is 74.6 Å². The summed E-state index contributed by atoms with van der Waals surface area (Å²) in [4.78, 5) is 39.8. The molecule has 0 saturated carbocycles. The first-order valence-electron chi connectivity index (χ1n) is 6.99. The van der Waals surface area contributed by atoms with E-state index in [2.05, 4.69) is 11.5 Å². The quantitative estimate of drug-likeness (QED) is 0.103. The minimum absolute atomic E-state index is 0. The van der Waals surface area contributed by atoms with Crippen LogP contribution in [0.2, 0.25) is 0 Å². The first-order valence-corrected chi connectivity index (χ1v) is 10.1. The fourth-order valence-electron chi connectivity index (χ4n) is 0.450. The summed E-state index contributed by atoms with van der Waals surface area (Å²) in [6.07, 6.45) is 0. The van der Waals surface area contributed by atoms with Crippen LogP contribution in [0.5, 0.6) is 0 Å². The molecule has 1 radical (unpaired) electrons. The van der Waals surface area contributed by atoms with E-state index in [1.54, 1.807) is 0 Å². The van der Waals surface area contributed by atoms with Crippen molar-refractivity contribution in [3.8, 4) is 0 Å². The molecule has 0 rings (SSSR count). The largest absolute Gasteiger partial charge is 2.00 e. The Kier molecular flexibility index (Phi) is 26.3. The second-order valence-corrected chi connectivity index (χ2v) is 10.00. The molecule has 30 heavy (non-hydrogen) atoms. The first-order chi connectivity index (χ1) is 11.9. The fourth-order valence-corrected chi connectivity index (χ4v) is 1.65. The second kappa shape index (κ2) is 17.9. The summed E-state index contributed by atoms with van der Waals surface area (Å²) >= 11 is 0. The van der Waals surface area contributed by atoms with Crippen LogP contribution >= 0.6 is 15.2 Å². The molecule has 0 heterocycles. The van der Waals surface area contributed by atoms with Gasteiger partial charge >= 0.3 is 17.1 Å². The van der Waals surface area contributed by atoms with Gasteiger partial charge in [-0.25, -0.2) is 0 Å². The molecule has 0 aromatic carbocycles. The van der Waals surface area contributed by atoms with E-state index < -0.39 is 31.4 Å². The van der Waals surface area contributed by atoms with E-state index in [0.717, 1.165) is 0 Å². The van der Waals surface area contributed by atoms with Gasteiger partial charge in [-0.3, -0.25) is 0 Å². The normalized spacial score (nSPS) is 11.9. The summed E-state index contributed by atoms with van der Waals surface area (Å²) in [6, 6.07) is 0. The van der Waals surface area contributed by atoms with Gasteiger partial charge in [0.05, 0.1) is 0 Å². The molecule has 189 valence electrons. The van der Waals surface area contributed by atoms with Gasteiger partial charge in [-0.05, 0) is 22.1 Å². The summed E-state index contributed by atoms with van der Waals surface area (Å²) in [5.41, 5.74) is 4.83. The predicted molar refractivity (Wildman–Crippen MR) is 86.8 cm³/mol. The van der Waals surface area contributed by atoms with Gasteiger partial charge in [-0.1, -0.05) is 0 Å². The molecule has 0 unspecified atom stereocenters. The molecule has 17 nitrogen and oxygen atoms in total. The summed E-state index contributed by atoms with van der Waals surface area (Å²) in [7, 11) is -11.6. The van der Waals surface area contributed by atoms with Gasteiger partial charge in [0.25, 0.3) is 0 Å². The molecule has 0 aromatic rings. The maximum absolute atomic E-state index is 9.95. The van der Waals surface area contributed by atoms with Crippen molar-refractivity contribution < 1.29 is 104 Å². The maximum Gasteiger partial charge on any atom is 2.00 e. The molecule has 0 amide bonds. The number of aliphatic hydroxyl groups is 7. The standard InChI is InChI=1S/2C4H11NO3.C2H8O7P2.Mn.2H2O/c2*5-4(1-6,2-7)3-8;1-2(3,10(4,5)6)11(7,8)9;;;/h2*6-8H,1-3,5H2;3H,1H3,(H2,4,5,6)(H2,7,8,9);;2*1H2/q;;;+2;;/p-2. The number of quaternary nitrogens is 2. The first kappa shape index (κ1) is 44.1. The zero-order valence-electron chi connectivity index (χ0n) is 16.0. The zero-order valence-corrected chi connectivity index (χ0v) is 19.0. The Morgan fingerprint density at radius 3 is 0.800 bits per heavy atom. The van der Waals surface area contributed by atoms with E-state index >= 15 is 0 Å². The minimum Gasteiger partial charge on any atom is -0.808 e. The van der Waals surface area contributed by atoms with Gasteiger partial charge in [0.2, 0.25) is 0 Å². The molecule has 0 aliphatic rings. The Hall–Kier alpha value is 0.379. The van der Waals surface area contributed by atoms with Gasteiger partial charge in [0.1, 0.15) is 44.7 Å². The minimum atomic E-state index is -5.82.